The van der Waals surface area contributed by atoms with Gasteiger partial charge in [0.2, 0.25) is 5.91 Å². The molecule has 3 aromatic rings. The maximum absolute atomic E-state index is 12.6. The van der Waals surface area contributed by atoms with Gasteiger partial charge in [-0.05, 0) is 36.6 Å². The molecular weight excluding hydrogens is 350 g/mol. The van der Waals surface area contributed by atoms with E-state index in [0.29, 0.717) is 38.2 Å². The Labute approximate surface area is 165 Å². The van der Waals surface area contributed by atoms with Crippen LogP contribution in [0.25, 0.3) is 10.9 Å². The lowest BCUT2D eigenvalue weighted by Crippen LogP contribution is -2.50. The van der Waals surface area contributed by atoms with Crippen LogP contribution in [0.15, 0.2) is 60.8 Å². The van der Waals surface area contributed by atoms with Crippen molar-refractivity contribution in [1.29, 1.82) is 0 Å². The van der Waals surface area contributed by atoms with Crippen molar-refractivity contribution in [2.75, 3.05) is 26.2 Å². The first kappa shape index (κ1) is 18.3. The van der Waals surface area contributed by atoms with Gasteiger partial charge in [0.25, 0.3) is 5.91 Å². The molecule has 0 radical (unpaired) electrons. The largest absolute Gasteiger partial charge is 0.361 e. The Morgan fingerprint density at radius 2 is 1.54 bits per heavy atom. The average molecular weight is 375 g/mol. The zero-order valence-electron chi connectivity index (χ0n) is 15.9. The molecule has 0 spiro atoms. The van der Waals surface area contributed by atoms with Crippen LogP contribution in [0, 0.1) is 0 Å². The van der Waals surface area contributed by atoms with E-state index in [2.05, 4.69) is 17.1 Å². The van der Waals surface area contributed by atoms with Crippen LogP contribution in [0.4, 0.5) is 0 Å². The van der Waals surface area contributed by atoms with Crippen LogP contribution in [-0.2, 0) is 11.2 Å². The van der Waals surface area contributed by atoms with Gasteiger partial charge < -0.3 is 14.8 Å². The Hall–Kier alpha value is -3.08. The molecule has 4 rings (SSSR count). The molecule has 2 aromatic carbocycles. The predicted octanol–water partition coefficient (Wildman–Crippen LogP) is 3.48. The fourth-order valence-electron chi connectivity index (χ4n) is 3.85. The molecule has 5 heteroatoms. The summed E-state index contributed by atoms with van der Waals surface area (Å²) in [5.74, 6) is 0.235. The van der Waals surface area contributed by atoms with Crippen LogP contribution in [0.5, 0.6) is 0 Å². The number of aromatic nitrogens is 1. The van der Waals surface area contributed by atoms with E-state index >= 15 is 0 Å². The molecular formula is C23H25N3O2. The Morgan fingerprint density at radius 3 is 2.32 bits per heavy atom. The predicted molar refractivity (Wildman–Crippen MR) is 110 cm³/mol. The highest BCUT2D eigenvalue weighted by Crippen LogP contribution is 2.20. The van der Waals surface area contributed by atoms with Crippen LogP contribution in [-0.4, -0.2) is 52.8 Å². The van der Waals surface area contributed by atoms with E-state index in [9.17, 15) is 9.59 Å². The van der Waals surface area contributed by atoms with E-state index in [1.807, 2.05) is 58.5 Å². The number of benzene rings is 2. The van der Waals surface area contributed by atoms with Gasteiger partial charge in [-0.3, -0.25) is 9.59 Å². The summed E-state index contributed by atoms with van der Waals surface area (Å²) in [6.07, 6.45) is 4.32. The molecule has 144 valence electrons. The van der Waals surface area contributed by atoms with Gasteiger partial charge in [-0.2, -0.15) is 0 Å². The highest BCUT2D eigenvalue weighted by molar-refractivity contribution is 5.94. The van der Waals surface area contributed by atoms with Gasteiger partial charge in [0, 0.05) is 55.3 Å². The van der Waals surface area contributed by atoms with E-state index in [1.165, 1.54) is 10.9 Å². The second kappa shape index (κ2) is 8.30. The molecule has 1 aromatic heterocycles. The quantitative estimate of drug-likeness (QED) is 0.742. The summed E-state index contributed by atoms with van der Waals surface area (Å²) in [7, 11) is 0. The number of aromatic amines is 1. The molecule has 2 amide bonds. The summed E-state index contributed by atoms with van der Waals surface area (Å²) in [6, 6.07) is 17.6. The zero-order chi connectivity index (χ0) is 19.3. The highest BCUT2D eigenvalue weighted by Gasteiger charge is 2.24. The van der Waals surface area contributed by atoms with Crippen molar-refractivity contribution in [3.05, 3.63) is 71.9 Å². The molecule has 1 saturated heterocycles. The normalized spacial score (nSPS) is 14.4. The molecule has 1 N–H and O–H groups in total. The fourth-order valence-corrected chi connectivity index (χ4v) is 3.85. The monoisotopic (exact) mass is 375 g/mol. The lowest BCUT2D eigenvalue weighted by Gasteiger charge is -2.35. The first-order chi connectivity index (χ1) is 13.7. The van der Waals surface area contributed by atoms with E-state index in [0.717, 1.165) is 18.4 Å². The smallest absolute Gasteiger partial charge is 0.253 e. The molecule has 1 aliphatic rings. The van der Waals surface area contributed by atoms with Crippen molar-refractivity contribution < 1.29 is 9.59 Å². The molecule has 0 saturated carbocycles. The second-order valence-electron chi connectivity index (χ2n) is 7.25. The number of carbonyl (C=O) groups excluding carboxylic acids is 2. The van der Waals surface area contributed by atoms with Gasteiger partial charge in [-0.1, -0.05) is 36.4 Å². The van der Waals surface area contributed by atoms with Crippen LogP contribution in [0.1, 0.15) is 28.8 Å². The van der Waals surface area contributed by atoms with Crippen molar-refractivity contribution in [2.24, 2.45) is 0 Å². The van der Waals surface area contributed by atoms with Gasteiger partial charge in [0.05, 0.1) is 0 Å². The summed E-state index contributed by atoms with van der Waals surface area (Å²) < 4.78 is 0. The number of fused-ring (bicyclic) bond motifs is 1. The maximum atomic E-state index is 12.6. The van der Waals surface area contributed by atoms with E-state index < -0.39 is 0 Å². The number of H-pyrrole nitrogens is 1. The Morgan fingerprint density at radius 1 is 0.857 bits per heavy atom. The van der Waals surface area contributed by atoms with Gasteiger partial charge in [-0.25, -0.2) is 0 Å². The minimum Gasteiger partial charge on any atom is -0.361 e. The molecule has 1 fully saturated rings. The van der Waals surface area contributed by atoms with Crippen molar-refractivity contribution in [1.82, 2.24) is 14.8 Å². The summed E-state index contributed by atoms with van der Waals surface area (Å²) in [5.41, 5.74) is 3.12. The molecule has 0 aliphatic carbocycles. The standard InChI is InChI=1S/C23H25N3O2/c27-22(12-6-9-19-17-24-21-11-5-4-10-20(19)21)25-13-15-26(16-14-25)23(28)18-7-2-1-3-8-18/h1-5,7-8,10-11,17,24H,6,9,12-16H2. The number of amides is 2. The van der Waals surface area contributed by atoms with E-state index in [-0.39, 0.29) is 11.8 Å². The third-order valence-corrected chi connectivity index (χ3v) is 5.45. The summed E-state index contributed by atoms with van der Waals surface area (Å²) >= 11 is 0. The van der Waals surface area contributed by atoms with Crippen LogP contribution < -0.4 is 0 Å². The van der Waals surface area contributed by atoms with E-state index in [4.69, 9.17) is 0 Å². The minimum absolute atomic E-state index is 0.0482. The van der Waals surface area contributed by atoms with Crippen LogP contribution in [0.3, 0.4) is 0 Å². The molecule has 5 nitrogen and oxygen atoms in total. The molecule has 0 atom stereocenters. The van der Waals surface area contributed by atoms with Crippen molar-refractivity contribution in [3.8, 4) is 0 Å². The van der Waals surface area contributed by atoms with Crippen LogP contribution >= 0.6 is 0 Å². The summed E-state index contributed by atoms with van der Waals surface area (Å²) in [6.45, 7) is 2.43. The van der Waals surface area contributed by atoms with Gasteiger partial charge >= 0.3 is 0 Å². The Kier molecular flexibility index (Phi) is 5.42. The van der Waals surface area contributed by atoms with Crippen molar-refractivity contribution in [3.63, 3.8) is 0 Å². The zero-order valence-corrected chi connectivity index (χ0v) is 15.9. The number of carbonyl (C=O) groups is 2. The Bertz CT molecular complexity index is 956. The highest BCUT2D eigenvalue weighted by atomic mass is 16.2. The third kappa shape index (κ3) is 3.93. The fraction of sp³-hybridized carbons (Fsp3) is 0.304. The van der Waals surface area contributed by atoms with Crippen molar-refractivity contribution >= 4 is 22.7 Å². The van der Waals surface area contributed by atoms with Crippen LogP contribution in [0.2, 0.25) is 0 Å². The number of nitrogens with one attached hydrogen (secondary N) is 1. The first-order valence-electron chi connectivity index (χ1n) is 9.89. The molecule has 0 bridgehead atoms. The molecule has 2 heterocycles. The Balaban J connectivity index is 1.25. The number of nitrogens with zero attached hydrogens (tertiary/aromatic N) is 2. The lowest BCUT2D eigenvalue weighted by atomic mass is 10.1. The number of rotatable bonds is 5. The topological polar surface area (TPSA) is 56.4 Å². The summed E-state index contributed by atoms with van der Waals surface area (Å²) in [5, 5.41) is 1.24. The third-order valence-electron chi connectivity index (χ3n) is 5.45. The maximum Gasteiger partial charge on any atom is 0.253 e. The first-order valence-corrected chi connectivity index (χ1v) is 9.89. The number of aryl methyl sites for hydroxylation is 1. The van der Waals surface area contributed by atoms with Gasteiger partial charge in [0.15, 0.2) is 0 Å². The number of piperazine rings is 1. The van der Waals surface area contributed by atoms with Gasteiger partial charge in [0.1, 0.15) is 0 Å². The van der Waals surface area contributed by atoms with Crippen molar-refractivity contribution in [2.45, 2.75) is 19.3 Å². The van der Waals surface area contributed by atoms with Gasteiger partial charge in [-0.15, -0.1) is 0 Å². The lowest BCUT2D eigenvalue weighted by molar-refractivity contribution is -0.132. The molecule has 28 heavy (non-hydrogen) atoms. The number of hydrogen-bond donors (Lipinski definition) is 1. The molecule has 0 unspecified atom stereocenters. The van der Waals surface area contributed by atoms with E-state index in [1.54, 1.807) is 0 Å². The minimum atomic E-state index is 0.0482. The molecule has 1 aliphatic heterocycles. The SMILES string of the molecule is O=C(CCCc1c[nH]c2ccccc12)N1CCN(C(=O)c2ccccc2)CC1. The number of hydrogen-bond acceptors (Lipinski definition) is 2. The average Bonchev–Trinajstić information content (AvgIpc) is 3.17. The second-order valence-corrected chi connectivity index (χ2v) is 7.25. The number of para-hydroxylation sites is 1. The summed E-state index contributed by atoms with van der Waals surface area (Å²) in [4.78, 5) is 32.1.